The molecule has 0 spiro atoms. The zero-order chi connectivity index (χ0) is 19.2. The van der Waals surface area contributed by atoms with Gasteiger partial charge in [-0.1, -0.05) is 54.1 Å². The molecule has 0 aromatic heterocycles. The Kier molecular flexibility index (Phi) is 6.28. The van der Waals surface area contributed by atoms with E-state index in [9.17, 15) is 4.79 Å². The van der Waals surface area contributed by atoms with Gasteiger partial charge in [-0.2, -0.15) is 0 Å². The van der Waals surface area contributed by atoms with Gasteiger partial charge in [0.2, 0.25) is 0 Å². The van der Waals surface area contributed by atoms with Crippen LogP contribution in [0.5, 0.6) is 0 Å². The summed E-state index contributed by atoms with van der Waals surface area (Å²) in [5, 5.41) is 12.9. The van der Waals surface area contributed by atoms with E-state index in [1.807, 2.05) is 61.5 Å². The molecule has 3 aromatic rings. The maximum Gasteiger partial charge on any atom is 0.194 e. The number of aryl methyl sites for hydroxylation is 2. The van der Waals surface area contributed by atoms with E-state index in [-0.39, 0.29) is 12.4 Å². The molecule has 0 amide bonds. The smallest absolute Gasteiger partial charge is 0.194 e. The highest BCUT2D eigenvalue weighted by molar-refractivity contribution is 6.35. The summed E-state index contributed by atoms with van der Waals surface area (Å²) in [5.74, 6) is -0.0759. The van der Waals surface area contributed by atoms with E-state index in [0.29, 0.717) is 22.6 Å². The highest BCUT2D eigenvalue weighted by atomic mass is 35.5. The molecule has 0 heterocycles. The number of benzene rings is 3. The molecule has 3 rings (SSSR count). The van der Waals surface area contributed by atoms with E-state index < -0.39 is 0 Å². The van der Waals surface area contributed by atoms with E-state index in [2.05, 4.69) is 5.32 Å². The molecular formula is C23H22ClNO2. The first-order valence-corrected chi connectivity index (χ1v) is 9.33. The molecule has 0 fully saturated rings. The van der Waals surface area contributed by atoms with Crippen LogP contribution >= 0.6 is 11.6 Å². The molecule has 138 valence electrons. The zero-order valence-corrected chi connectivity index (χ0v) is 16.0. The molecule has 3 nitrogen and oxygen atoms in total. The summed E-state index contributed by atoms with van der Waals surface area (Å²) in [6, 6.07) is 20.9. The third-order valence-electron chi connectivity index (χ3n) is 4.50. The number of hydrogen-bond donors (Lipinski definition) is 2. The molecule has 2 N–H and O–H groups in total. The number of hydrogen-bond acceptors (Lipinski definition) is 3. The molecule has 0 saturated heterocycles. The van der Waals surface area contributed by atoms with Gasteiger partial charge in [0.25, 0.3) is 0 Å². The van der Waals surface area contributed by atoms with Crippen molar-refractivity contribution in [2.75, 3.05) is 11.9 Å². The standard InChI is InChI=1S/C23H22ClNO2/c1-16-7-2-4-10-19(16)23(27)20-13-12-18(15-21(20)24)25-22-11-5-3-8-17(22)9-6-14-26/h2-5,7-8,10-13,15,25-26H,6,9,14H2,1H3. The van der Waals surface area contributed by atoms with Gasteiger partial charge in [-0.15, -0.1) is 0 Å². The van der Waals surface area contributed by atoms with Crippen LogP contribution in [0.2, 0.25) is 5.02 Å². The van der Waals surface area contributed by atoms with Crippen LogP contribution in [0.15, 0.2) is 66.7 Å². The van der Waals surface area contributed by atoms with Crippen molar-refractivity contribution in [2.24, 2.45) is 0 Å². The predicted molar refractivity (Wildman–Crippen MR) is 111 cm³/mol. The fraction of sp³-hybridized carbons (Fsp3) is 0.174. The Morgan fingerprint density at radius 1 is 1.00 bits per heavy atom. The average Bonchev–Trinajstić information content (AvgIpc) is 2.67. The first-order valence-electron chi connectivity index (χ1n) is 8.96. The van der Waals surface area contributed by atoms with Crippen LogP contribution in [-0.2, 0) is 6.42 Å². The van der Waals surface area contributed by atoms with Gasteiger partial charge >= 0.3 is 0 Å². The van der Waals surface area contributed by atoms with Crippen molar-refractivity contribution in [3.8, 4) is 0 Å². The van der Waals surface area contributed by atoms with Gasteiger partial charge in [-0.3, -0.25) is 4.79 Å². The third-order valence-corrected chi connectivity index (χ3v) is 4.82. The average molecular weight is 380 g/mol. The number of nitrogens with one attached hydrogen (secondary N) is 1. The molecule has 0 radical (unpaired) electrons. The number of carbonyl (C=O) groups is 1. The van der Waals surface area contributed by atoms with Gasteiger partial charge in [0, 0.05) is 29.1 Å². The molecule has 0 unspecified atom stereocenters. The Balaban J connectivity index is 1.84. The van der Waals surface area contributed by atoms with Crippen molar-refractivity contribution in [1.29, 1.82) is 0 Å². The number of para-hydroxylation sites is 1. The summed E-state index contributed by atoms with van der Waals surface area (Å²) in [5.41, 5.74) is 5.00. The Bertz CT molecular complexity index is 953. The van der Waals surface area contributed by atoms with Crippen LogP contribution in [-0.4, -0.2) is 17.5 Å². The summed E-state index contributed by atoms with van der Waals surface area (Å²) in [6.07, 6.45) is 1.50. The zero-order valence-electron chi connectivity index (χ0n) is 15.2. The number of carbonyl (C=O) groups excluding carboxylic acids is 1. The fourth-order valence-corrected chi connectivity index (χ4v) is 3.30. The SMILES string of the molecule is Cc1ccccc1C(=O)c1ccc(Nc2ccccc2CCCO)cc1Cl. The molecule has 3 aromatic carbocycles. The van der Waals surface area contributed by atoms with Crippen molar-refractivity contribution in [3.05, 3.63) is 94.0 Å². The first-order chi connectivity index (χ1) is 13.1. The molecule has 4 heteroatoms. The Hall–Kier alpha value is -2.62. The number of aliphatic hydroxyl groups excluding tert-OH is 1. The number of rotatable bonds is 7. The van der Waals surface area contributed by atoms with Crippen molar-refractivity contribution >= 4 is 28.8 Å². The summed E-state index contributed by atoms with van der Waals surface area (Å²) < 4.78 is 0. The molecule has 0 saturated carbocycles. The Labute approximate surface area is 164 Å². The fourth-order valence-electron chi connectivity index (χ4n) is 3.04. The van der Waals surface area contributed by atoms with Crippen LogP contribution in [0.25, 0.3) is 0 Å². The van der Waals surface area contributed by atoms with Crippen LogP contribution in [0, 0.1) is 6.92 Å². The molecular weight excluding hydrogens is 358 g/mol. The highest BCUT2D eigenvalue weighted by Crippen LogP contribution is 2.28. The van der Waals surface area contributed by atoms with Gasteiger partial charge in [-0.05, 0) is 55.2 Å². The van der Waals surface area contributed by atoms with E-state index in [1.165, 1.54) is 0 Å². The van der Waals surface area contributed by atoms with Gasteiger partial charge in [0.1, 0.15) is 0 Å². The number of ketones is 1. The lowest BCUT2D eigenvalue weighted by Crippen LogP contribution is -2.05. The van der Waals surface area contributed by atoms with Gasteiger partial charge in [-0.25, -0.2) is 0 Å². The molecule has 0 aliphatic heterocycles. The minimum absolute atomic E-state index is 0.0759. The molecule has 0 aliphatic carbocycles. The van der Waals surface area contributed by atoms with Crippen LogP contribution in [0.3, 0.4) is 0 Å². The number of halogens is 1. The lowest BCUT2D eigenvalue weighted by atomic mass is 9.99. The lowest BCUT2D eigenvalue weighted by Gasteiger charge is -2.13. The quantitative estimate of drug-likeness (QED) is 0.529. The number of anilines is 2. The third kappa shape index (κ3) is 4.57. The van der Waals surface area contributed by atoms with Gasteiger partial charge in [0.05, 0.1) is 5.02 Å². The normalized spacial score (nSPS) is 10.6. The lowest BCUT2D eigenvalue weighted by molar-refractivity contribution is 0.103. The Morgan fingerprint density at radius 2 is 1.74 bits per heavy atom. The second-order valence-corrected chi connectivity index (χ2v) is 6.86. The minimum atomic E-state index is -0.0759. The topological polar surface area (TPSA) is 49.3 Å². The first kappa shape index (κ1) is 19.2. The maximum absolute atomic E-state index is 12.8. The van der Waals surface area contributed by atoms with E-state index in [4.69, 9.17) is 16.7 Å². The van der Waals surface area contributed by atoms with Gasteiger partial charge in [0.15, 0.2) is 5.78 Å². The van der Waals surface area contributed by atoms with E-state index >= 15 is 0 Å². The molecule has 27 heavy (non-hydrogen) atoms. The van der Waals surface area contributed by atoms with Crippen molar-refractivity contribution in [1.82, 2.24) is 0 Å². The van der Waals surface area contributed by atoms with Crippen LogP contribution in [0.1, 0.15) is 33.5 Å². The molecule has 0 bridgehead atoms. The molecule has 0 aliphatic rings. The minimum Gasteiger partial charge on any atom is -0.396 e. The second-order valence-electron chi connectivity index (χ2n) is 6.45. The molecule has 0 atom stereocenters. The highest BCUT2D eigenvalue weighted by Gasteiger charge is 2.15. The summed E-state index contributed by atoms with van der Waals surface area (Å²) in [7, 11) is 0. The summed E-state index contributed by atoms with van der Waals surface area (Å²) >= 11 is 6.42. The second kappa shape index (κ2) is 8.85. The van der Waals surface area contributed by atoms with Crippen molar-refractivity contribution < 1.29 is 9.90 Å². The number of aliphatic hydroxyl groups is 1. The largest absolute Gasteiger partial charge is 0.396 e. The predicted octanol–water partition coefficient (Wildman–Crippen LogP) is 5.55. The van der Waals surface area contributed by atoms with Gasteiger partial charge < -0.3 is 10.4 Å². The van der Waals surface area contributed by atoms with Crippen molar-refractivity contribution in [2.45, 2.75) is 19.8 Å². The maximum atomic E-state index is 12.8. The monoisotopic (exact) mass is 379 g/mol. The van der Waals surface area contributed by atoms with Crippen molar-refractivity contribution in [3.63, 3.8) is 0 Å². The summed E-state index contributed by atoms with van der Waals surface area (Å²) in [6.45, 7) is 2.08. The van der Waals surface area contributed by atoms with Crippen LogP contribution < -0.4 is 5.32 Å². The Morgan fingerprint density at radius 3 is 2.48 bits per heavy atom. The van der Waals surface area contributed by atoms with E-state index in [1.54, 1.807) is 12.1 Å². The van der Waals surface area contributed by atoms with E-state index in [0.717, 1.165) is 28.9 Å². The summed E-state index contributed by atoms with van der Waals surface area (Å²) in [4.78, 5) is 12.8. The van der Waals surface area contributed by atoms with Crippen LogP contribution in [0.4, 0.5) is 11.4 Å².